The van der Waals surface area contributed by atoms with Crippen LogP contribution >= 0.6 is 0 Å². The molecule has 0 saturated heterocycles. The molecule has 2 rings (SSSR count). The van der Waals surface area contributed by atoms with Crippen LogP contribution in [0.3, 0.4) is 0 Å². The van der Waals surface area contributed by atoms with E-state index in [0.29, 0.717) is 5.56 Å². The quantitative estimate of drug-likeness (QED) is 0.805. The summed E-state index contributed by atoms with van der Waals surface area (Å²) < 4.78 is 0. The summed E-state index contributed by atoms with van der Waals surface area (Å²) in [4.78, 5) is 0. The number of anilines is 1. The molecule has 0 atom stereocenters. The summed E-state index contributed by atoms with van der Waals surface area (Å²) in [5.74, 6) is 0. The Balaban J connectivity index is 1.77. The molecular weight excluding hydrogens is 220 g/mol. The summed E-state index contributed by atoms with van der Waals surface area (Å²) in [6.45, 7) is 0.920. The van der Waals surface area contributed by atoms with Crippen LogP contribution in [0.5, 0.6) is 0 Å². The van der Waals surface area contributed by atoms with Crippen LogP contribution < -0.4 is 5.32 Å². The molecule has 2 heteroatoms. The van der Waals surface area contributed by atoms with Gasteiger partial charge in [0.2, 0.25) is 0 Å². The van der Waals surface area contributed by atoms with Gasteiger partial charge in [0, 0.05) is 12.2 Å². The van der Waals surface area contributed by atoms with Gasteiger partial charge in [0.25, 0.3) is 0 Å². The Morgan fingerprint density at radius 1 is 1.00 bits per heavy atom. The van der Waals surface area contributed by atoms with Crippen LogP contribution in [-0.2, 0) is 6.42 Å². The summed E-state index contributed by atoms with van der Waals surface area (Å²) in [6.07, 6.45) is 2.16. The van der Waals surface area contributed by atoms with E-state index < -0.39 is 0 Å². The van der Waals surface area contributed by atoms with Crippen molar-refractivity contribution >= 4 is 5.69 Å². The Hall–Kier alpha value is -2.27. The molecule has 0 radical (unpaired) electrons. The fraction of sp³-hybridized carbons (Fsp3) is 0.188. The monoisotopic (exact) mass is 236 g/mol. The molecule has 0 aliphatic carbocycles. The van der Waals surface area contributed by atoms with Gasteiger partial charge in [-0.2, -0.15) is 5.26 Å². The van der Waals surface area contributed by atoms with E-state index in [-0.39, 0.29) is 0 Å². The van der Waals surface area contributed by atoms with E-state index in [1.165, 1.54) is 5.56 Å². The standard InChI is InChI=1S/C16H16N2/c17-13-15-8-4-10-16(12-15)18-11-5-9-14-6-2-1-3-7-14/h1-4,6-8,10,12,18H,5,9,11H2. The van der Waals surface area contributed by atoms with Gasteiger partial charge >= 0.3 is 0 Å². The number of hydrogen-bond acceptors (Lipinski definition) is 2. The summed E-state index contributed by atoms with van der Waals surface area (Å²) >= 11 is 0. The Kier molecular flexibility index (Phi) is 4.38. The van der Waals surface area contributed by atoms with Crippen molar-refractivity contribution in [3.63, 3.8) is 0 Å². The molecular formula is C16H16N2. The Morgan fingerprint density at radius 2 is 1.83 bits per heavy atom. The van der Waals surface area contributed by atoms with Crippen LogP contribution in [-0.4, -0.2) is 6.54 Å². The molecule has 0 aromatic heterocycles. The number of hydrogen-bond donors (Lipinski definition) is 1. The normalized spacial score (nSPS) is 9.72. The summed E-state index contributed by atoms with van der Waals surface area (Å²) in [6, 6.07) is 20.2. The van der Waals surface area contributed by atoms with Crippen LogP contribution in [0.15, 0.2) is 54.6 Å². The Morgan fingerprint density at radius 3 is 2.61 bits per heavy atom. The second kappa shape index (κ2) is 6.46. The van der Waals surface area contributed by atoms with Gasteiger partial charge in [-0.05, 0) is 36.6 Å². The van der Waals surface area contributed by atoms with Gasteiger partial charge in [-0.15, -0.1) is 0 Å². The molecule has 2 aromatic carbocycles. The average Bonchev–Trinajstić information content (AvgIpc) is 2.45. The average molecular weight is 236 g/mol. The third-order valence-electron chi connectivity index (χ3n) is 2.81. The SMILES string of the molecule is N#Cc1cccc(NCCCc2ccccc2)c1. The van der Waals surface area contributed by atoms with Gasteiger partial charge in [-0.25, -0.2) is 0 Å². The smallest absolute Gasteiger partial charge is 0.0992 e. The van der Waals surface area contributed by atoms with E-state index in [1.807, 2.05) is 30.3 Å². The van der Waals surface area contributed by atoms with Gasteiger partial charge in [0.05, 0.1) is 11.6 Å². The highest BCUT2D eigenvalue weighted by Crippen LogP contribution is 2.10. The lowest BCUT2D eigenvalue weighted by Gasteiger charge is -2.06. The lowest BCUT2D eigenvalue weighted by atomic mass is 10.1. The third-order valence-corrected chi connectivity index (χ3v) is 2.81. The van der Waals surface area contributed by atoms with Gasteiger partial charge < -0.3 is 5.32 Å². The van der Waals surface area contributed by atoms with E-state index in [0.717, 1.165) is 25.1 Å². The fourth-order valence-corrected chi connectivity index (χ4v) is 1.87. The first-order chi connectivity index (χ1) is 8.88. The van der Waals surface area contributed by atoms with Crippen molar-refractivity contribution in [1.82, 2.24) is 0 Å². The molecule has 0 aliphatic heterocycles. The van der Waals surface area contributed by atoms with Crippen molar-refractivity contribution in [2.75, 3.05) is 11.9 Å². The largest absolute Gasteiger partial charge is 0.385 e. The molecule has 90 valence electrons. The zero-order chi connectivity index (χ0) is 12.6. The molecule has 0 fully saturated rings. The van der Waals surface area contributed by atoms with Crippen molar-refractivity contribution < 1.29 is 0 Å². The van der Waals surface area contributed by atoms with Crippen LogP contribution in [0.25, 0.3) is 0 Å². The van der Waals surface area contributed by atoms with E-state index in [2.05, 4.69) is 35.7 Å². The highest BCUT2D eigenvalue weighted by atomic mass is 14.9. The van der Waals surface area contributed by atoms with E-state index >= 15 is 0 Å². The zero-order valence-corrected chi connectivity index (χ0v) is 10.3. The minimum absolute atomic E-state index is 0.697. The molecule has 0 aliphatic rings. The lowest BCUT2D eigenvalue weighted by molar-refractivity contribution is 0.863. The number of nitrogens with zero attached hydrogens (tertiary/aromatic N) is 1. The predicted molar refractivity (Wildman–Crippen MR) is 74.4 cm³/mol. The van der Waals surface area contributed by atoms with Gasteiger partial charge in [-0.3, -0.25) is 0 Å². The Bertz CT molecular complexity index is 526. The molecule has 1 N–H and O–H groups in total. The van der Waals surface area contributed by atoms with Gasteiger partial charge in [0.15, 0.2) is 0 Å². The maximum Gasteiger partial charge on any atom is 0.0992 e. The molecule has 18 heavy (non-hydrogen) atoms. The second-order valence-electron chi connectivity index (χ2n) is 4.21. The van der Waals surface area contributed by atoms with Gasteiger partial charge in [0.1, 0.15) is 0 Å². The first-order valence-corrected chi connectivity index (χ1v) is 6.16. The molecule has 2 aromatic rings. The van der Waals surface area contributed by atoms with E-state index in [9.17, 15) is 0 Å². The van der Waals surface area contributed by atoms with Crippen LogP contribution in [0.2, 0.25) is 0 Å². The maximum atomic E-state index is 8.80. The van der Waals surface area contributed by atoms with Gasteiger partial charge in [-0.1, -0.05) is 36.4 Å². The number of nitrogens with one attached hydrogen (secondary N) is 1. The molecule has 0 spiro atoms. The Labute approximate surface area is 108 Å². The van der Waals surface area contributed by atoms with Crippen LogP contribution in [0.1, 0.15) is 17.5 Å². The highest BCUT2D eigenvalue weighted by molar-refractivity contribution is 5.48. The minimum atomic E-state index is 0.697. The molecule has 0 heterocycles. The second-order valence-corrected chi connectivity index (χ2v) is 4.21. The summed E-state index contributed by atoms with van der Waals surface area (Å²) in [5, 5.41) is 12.1. The molecule has 0 unspecified atom stereocenters. The highest BCUT2D eigenvalue weighted by Gasteiger charge is 1.95. The van der Waals surface area contributed by atoms with Crippen molar-refractivity contribution in [1.29, 1.82) is 5.26 Å². The maximum absolute atomic E-state index is 8.80. The minimum Gasteiger partial charge on any atom is -0.385 e. The molecule has 0 amide bonds. The van der Waals surface area contributed by atoms with E-state index in [4.69, 9.17) is 5.26 Å². The van der Waals surface area contributed by atoms with Crippen molar-refractivity contribution in [3.8, 4) is 6.07 Å². The van der Waals surface area contributed by atoms with Crippen molar-refractivity contribution in [2.45, 2.75) is 12.8 Å². The summed E-state index contributed by atoms with van der Waals surface area (Å²) in [5.41, 5.74) is 3.08. The molecule has 0 saturated carbocycles. The van der Waals surface area contributed by atoms with Crippen molar-refractivity contribution in [3.05, 3.63) is 65.7 Å². The van der Waals surface area contributed by atoms with Crippen molar-refractivity contribution in [2.24, 2.45) is 0 Å². The number of aryl methyl sites for hydroxylation is 1. The zero-order valence-electron chi connectivity index (χ0n) is 10.3. The molecule has 2 nitrogen and oxygen atoms in total. The number of rotatable bonds is 5. The third kappa shape index (κ3) is 3.64. The lowest BCUT2D eigenvalue weighted by Crippen LogP contribution is -2.03. The van der Waals surface area contributed by atoms with Crippen LogP contribution in [0.4, 0.5) is 5.69 Å². The summed E-state index contributed by atoms with van der Waals surface area (Å²) in [7, 11) is 0. The topological polar surface area (TPSA) is 35.8 Å². The number of benzene rings is 2. The fourth-order valence-electron chi connectivity index (χ4n) is 1.87. The van der Waals surface area contributed by atoms with Crippen LogP contribution in [0, 0.1) is 11.3 Å². The molecule has 0 bridgehead atoms. The van der Waals surface area contributed by atoms with E-state index in [1.54, 1.807) is 0 Å². The predicted octanol–water partition coefficient (Wildman–Crippen LogP) is 3.60. The first-order valence-electron chi connectivity index (χ1n) is 6.16. The first kappa shape index (κ1) is 12.2. The number of nitriles is 1.